The van der Waals surface area contributed by atoms with Crippen molar-refractivity contribution in [1.82, 2.24) is 4.98 Å². The lowest BCUT2D eigenvalue weighted by atomic mass is 10.1. The van der Waals surface area contributed by atoms with Gasteiger partial charge < -0.3 is 10.2 Å². The molecule has 3 heteroatoms. The highest BCUT2D eigenvalue weighted by atomic mass is 15.1. The Kier molecular flexibility index (Phi) is 3.73. The molecule has 2 aromatic carbocycles. The maximum atomic E-state index is 4.21. The van der Waals surface area contributed by atoms with Crippen molar-refractivity contribution >= 4 is 22.1 Å². The summed E-state index contributed by atoms with van der Waals surface area (Å²) >= 11 is 0. The molecule has 1 heterocycles. The molecule has 0 amide bonds. The van der Waals surface area contributed by atoms with Crippen molar-refractivity contribution in [2.45, 2.75) is 6.54 Å². The molecule has 0 aliphatic heterocycles. The van der Waals surface area contributed by atoms with Crippen molar-refractivity contribution in [2.24, 2.45) is 0 Å². The predicted molar refractivity (Wildman–Crippen MR) is 89.8 cm³/mol. The van der Waals surface area contributed by atoms with Crippen molar-refractivity contribution in [2.75, 3.05) is 24.3 Å². The number of hydrogen-bond donors (Lipinski definition) is 1. The standard InChI is InChI=1S/C18H19N3/c1-21(2)16-8-6-14(7-9-16)12-20-18-5-3-4-15-10-11-19-13-17(15)18/h3-11,13,20H,12H2,1-2H3. The van der Waals surface area contributed by atoms with Gasteiger partial charge in [0.1, 0.15) is 0 Å². The zero-order valence-electron chi connectivity index (χ0n) is 12.4. The lowest BCUT2D eigenvalue weighted by molar-refractivity contribution is 1.11. The van der Waals surface area contributed by atoms with E-state index in [1.165, 1.54) is 16.6 Å². The number of pyridine rings is 1. The molecule has 0 radical (unpaired) electrons. The predicted octanol–water partition coefficient (Wildman–Crippen LogP) is 3.91. The summed E-state index contributed by atoms with van der Waals surface area (Å²) in [5, 5.41) is 5.86. The fraction of sp³-hybridized carbons (Fsp3) is 0.167. The van der Waals surface area contributed by atoms with E-state index >= 15 is 0 Å². The fourth-order valence-corrected chi connectivity index (χ4v) is 2.38. The quantitative estimate of drug-likeness (QED) is 0.783. The number of anilines is 2. The summed E-state index contributed by atoms with van der Waals surface area (Å²) in [7, 11) is 4.10. The van der Waals surface area contributed by atoms with Crippen molar-refractivity contribution < 1.29 is 0 Å². The first-order valence-corrected chi connectivity index (χ1v) is 7.07. The third-order valence-electron chi connectivity index (χ3n) is 3.62. The number of nitrogens with zero attached hydrogens (tertiary/aromatic N) is 2. The van der Waals surface area contributed by atoms with Crippen LogP contribution >= 0.6 is 0 Å². The van der Waals surface area contributed by atoms with E-state index in [1.54, 1.807) is 0 Å². The minimum atomic E-state index is 0.807. The van der Waals surface area contributed by atoms with E-state index in [0.29, 0.717) is 0 Å². The van der Waals surface area contributed by atoms with Crippen LogP contribution in [0.3, 0.4) is 0 Å². The highest BCUT2D eigenvalue weighted by Gasteiger charge is 2.01. The molecule has 0 unspecified atom stereocenters. The first-order valence-electron chi connectivity index (χ1n) is 7.07. The summed E-state index contributed by atoms with van der Waals surface area (Å²) in [6.07, 6.45) is 3.74. The summed E-state index contributed by atoms with van der Waals surface area (Å²) in [6, 6.07) is 16.9. The van der Waals surface area contributed by atoms with Gasteiger partial charge in [-0.1, -0.05) is 24.3 Å². The summed E-state index contributed by atoms with van der Waals surface area (Å²) in [5.41, 5.74) is 3.60. The summed E-state index contributed by atoms with van der Waals surface area (Å²) < 4.78 is 0. The zero-order valence-corrected chi connectivity index (χ0v) is 12.4. The Morgan fingerprint density at radius 1 is 1.00 bits per heavy atom. The second-order valence-corrected chi connectivity index (χ2v) is 5.32. The largest absolute Gasteiger partial charge is 0.380 e. The molecule has 1 aromatic heterocycles. The third kappa shape index (κ3) is 2.97. The number of fused-ring (bicyclic) bond motifs is 1. The van der Waals surface area contributed by atoms with Gasteiger partial charge in [0.2, 0.25) is 0 Å². The maximum Gasteiger partial charge on any atom is 0.0438 e. The van der Waals surface area contributed by atoms with Crippen LogP contribution in [0.2, 0.25) is 0 Å². The van der Waals surface area contributed by atoms with Gasteiger partial charge in [-0.2, -0.15) is 0 Å². The molecule has 106 valence electrons. The molecule has 3 aromatic rings. The van der Waals surface area contributed by atoms with Gasteiger partial charge in [0.25, 0.3) is 0 Å². The van der Waals surface area contributed by atoms with Gasteiger partial charge in [-0.15, -0.1) is 0 Å². The average Bonchev–Trinajstić information content (AvgIpc) is 2.53. The molecule has 0 saturated heterocycles. The second kappa shape index (κ2) is 5.83. The van der Waals surface area contributed by atoms with Crippen molar-refractivity contribution in [3.8, 4) is 0 Å². The number of aromatic nitrogens is 1. The Bertz CT molecular complexity index is 728. The summed E-state index contributed by atoms with van der Waals surface area (Å²) in [4.78, 5) is 6.32. The van der Waals surface area contributed by atoms with Crippen LogP contribution in [0.25, 0.3) is 10.8 Å². The molecular formula is C18H19N3. The topological polar surface area (TPSA) is 28.2 Å². The lowest BCUT2D eigenvalue weighted by Gasteiger charge is -2.13. The van der Waals surface area contributed by atoms with E-state index in [2.05, 4.69) is 71.8 Å². The van der Waals surface area contributed by atoms with Gasteiger partial charge in [0.05, 0.1) is 0 Å². The molecule has 21 heavy (non-hydrogen) atoms. The van der Waals surface area contributed by atoms with Gasteiger partial charge >= 0.3 is 0 Å². The lowest BCUT2D eigenvalue weighted by Crippen LogP contribution is -2.08. The normalized spacial score (nSPS) is 10.6. The first kappa shape index (κ1) is 13.4. The maximum absolute atomic E-state index is 4.21. The van der Waals surface area contributed by atoms with E-state index in [-0.39, 0.29) is 0 Å². The van der Waals surface area contributed by atoms with Gasteiger partial charge in [-0.05, 0) is 35.2 Å². The van der Waals surface area contributed by atoms with Gasteiger partial charge in [0.15, 0.2) is 0 Å². The van der Waals surface area contributed by atoms with Crippen molar-refractivity contribution in [3.05, 3.63) is 66.5 Å². The smallest absolute Gasteiger partial charge is 0.0438 e. The van der Waals surface area contributed by atoms with Crippen LogP contribution < -0.4 is 10.2 Å². The molecule has 0 saturated carbocycles. The van der Waals surface area contributed by atoms with Gasteiger partial charge in [-0.25, -0.2) is 0 Å². The van der Waals surface area contributed by atoms with Gasteiger partial charge in [-0.3, -0.25) is 4.98 Å². The minimum absolute atomic E-state index is 0.807. The molecule has 3 rings (SSSR count). The monoisotopic (exact) mass is 277 g/mol. The Labute approximate surface area is 125 Å². The van der Waals surface area contributed by atoms with Crippen molar-refractivity contribution in [3.63, 3.8) is 0 Å². The first-order chi connectivity index (χ1) is 10.2. The Hall–Kier alpha value is -2.55. The minimum Gasteiger partial charge on any atom is -0.380 e. The SMILES string of the molecule is CN(C)c1ccc(CNc2cccc3ccncc23)cc1. The number of hydrogen-bond acceptors (Lipinski definition) is 3. The molecule has 3 nitrogen and oxygen atoms in total. The van der Waals surface area contributed by atoms with Crippen LogP contribution in [0.4, 0.5) is 11.4 Å². The van der Waals surface area contributed by atoms with Crippen LogP contribution in [0.15, 0.2) is 60.9 Å². The van der Waals surface area contributed by atoms with E-state index in [0.717, 1.165) is 17.6 Å². The molecule has 0 aliphatic rings. The van der Waals surface area contributed by atoms with Crippen LogP contribution in [0.1, 0.15) is 5.56 Å². The van der Waals surface area contributed by atoms with E-state index < -0.39 is 0 Å². The zero-order chi connectivity index (χ0) is 14.7. The average molecular weight is 277 g/mol. The molecule has 0 bridgehead atoms. The van der Waals surface area contributed by atoms with Gasteiger partial charge in [0, 0.05) is 49.8 Å². The van der Waals surface area contributed by atoms with Crippen LogP contribution in [0, 0.1) is 0 Å². The van der Waals surface area contributed by atoms with Crippen LogP contribution in [0.5, 0.6) is 0 Å². The fourth-order valence-electron chi connectivity index (χ4n) is 2.38. The molecular weight excluding hydrogens is 258 g/mol. The number of rotatable bonds is 4. The van der Waals surface area contributed by atoms with E-state index in [4.69, 9.17) is 0 Å². The molecule has 0 spiro atoms. The molecule has 1 N–H and O–H groups in total. The number of benzene rings is 2. The summed E-state index contributed by atoms with van der Waals surface area (Å²) in [6.45, 7) is 0.807. The van der Waals surface area contributed by atoms with Crippen molar-refractivity contribution in [1.29, 1.82) is 0 Å². The molecule has 0 atom stereocenters. The van der Waals surface area contributed by atoms with E-state index in [1.807, 2.05) is 18.5 Å². The Morgan fingerprint density at radius 3 is 2.57 bits per heavy atom. The summed E-state index contributed by atoms with van der Waals surface area (Å²) in [5.74, 6) is 0. The highest BCUT2D eigenvalue weighted by Crippen LogP contribution is 2.22. The Morgan fingerprint density at radius 2 is 1.81 bits per heavy atom. The molecule has 0 fully saturated rings. The van der Waals surface area contributed by atoms with E-state index in [9.17, 15) is 0 Å². The van der Waals surface area contributed by atoms with Crippen LogP contribution in [-0.2, 0) is 6.54 Å². The Balaban J connectivity index is 1.77. The van der Waals surface area contributed by atoms with Crippen LogP contribution in [-0.4, -0.2) is 19.1 Å². The number of nitrogens with one attached hydrogen (secondary N) is 1. The third-order valence-corrected chi connectivity index (χ3v) is 3.62. The second-order valence-electron chi connectivity index (χ2n) is 5.32. The highest BCUT2D eigenvalue weighted by molar-refractivity contribution is 5.93. The molecule has 0 aliphatic carbocycles.